The number of likely N-dealkylation sites (tertiary alicyclic amines) is 1. The number of aromatic nitrogens is 2. The van der Waals surface area contributed by atoms with Crippen LogP contribution < -0.4 is 4.74 Å². The van der Waals surface area contributed by atoms with Gasteiger partial charge in [0, 0.05) is 32.5 Å². The predicted molar refractivity (Wildman–Crippen MR) is 111 cm³/mol. The van der Waals surface area contributed by atoms with Gasteiger partial charge in [-0.1, -0.05) is 12.1 Å². The highest BCUT2D eigenvalue weighted by molar-refractivity contribution is 5.86. The van der Waals surface area contributed by atoms with Gasteiger partial charge in [0.2, 0.25) is 0 Å². The van der Waals surface area contributed by atoms with Crippen LogP contribution in [0.2, 0.25) is 0 Å². The van der Waals surface area contributed by atoms with Gasteiger partial charge in [-0.3, -0.25) is 0 Å². The summed E-state index contributed by atoms with van der Waals surface area (Å²) in [6.45, 7) is 2.97. The summed E-state index contributed by atoms with van der Waals surface area (Å²) in [5, 5.41) is 12.9. The van der Waals surface area contributed by atoms with E-state index in [1.54, 1.807) is 4.90 Å². The Morgan fingerprint density at radius 2 is 1.84 bits per heavy atom. The van der Waals surface area contributed by atoms with Crippen molar-refractivity contribution in [2.75, 3.05) is 26.3 Å². The minimum atomic E-state index is -1.13. The van der Waals surface area contributed by atoms with Gasteiger partial charge in [-0.25, -0.2) is 9.59 Å². The van der Waals surface area contributed by atoms with Gasteiger partial charge in [0.1, 0.15) is 5.75 Å². The van der Waals surface area contributed by atoms with E-state index in [1.807, 2.05) is 6.07 Å². The zero-order chi connectivity index (χ0) is 21.4. The second-order valence-electron chi connectivity index (χ2n) is 8.83. The molecule has 3 heterocycles. The predicted octanol–water partition coefficient (Wildman–Crippen LogP) is 3.23. The number of carboxylic acid groups (broad SMARTS) is 1. The molecule has 1 aliphatic carbocycles. The first-order chi connectivity index (χ1) is 15.1. The zero-order valence-corrected chi connectivity index (χ0v) is 17.4. The van der Waals surface area contributed by atoms with Crippen LogP contribution in [0.25, 0.3) is 0 Å². The van der Waals surface area contributed by atoms with Gasteiger partial charge in [-0.2, -0.15) is 9.78 Å². The van der Waals surface area contributed by atoms with E-state index >= 15 is 0 Å². The van der Waals surface area contributed by atoms with Crippen LogP contribution in [0.3, 0.4) is 0 Å². The molecular weight excluding hydrogens is 398 g/mol. The van der Waals surface area contributed by atoms with Crippen LogP contribution in [0.5, 0.6) is 5.75 Å². The second-order valence-corrected chi connectivity index (χ2v) is 8.83. The van der Waals surface area contributed by atoms with Gasteiger partial charge >= 0.3 is 12.0 Å². The molecule has 3 fully saturated rings. The van der Waals surface area contributed by atoms with Crippen LogP contribution in [0.15, 0.2) is 36.5 Å². The van der Waals surface area contributed by atoms with Crippen LogP contribution >= 0.6 is 0 Å². The highest BCUT2D eigenvalue weighted by Crippen LogP contribution is 2.40. The molecule has 1 aromatic carbocycles. The molecule has 8 heteroatoms. The fraction of sp³-hybridized carbons (Fsp3) is 0.522. The molecule has 3 atom stereocenters. The number of amides is 1. The van der Waals surface area contributed by atoms with E-state index < -0.39 is 5.97 Å². The van der Waals surface area contributed by atoms with Gasteiger partial charge in [0.15, 0.2) is 5.69 Å². The largest absolute Gasteiger partial charge is 0.490 e. The fourth-order valence-electron chi connectivity index (χ4n) is 5.25. The maximum atomic E-state index is 12.7. The monoisotopic (exact) mass is 425 g/mol. The van der Waals surface area contributed by atoms with Crippen molar-refractivity contribution in [1.29, 1.82) is 0 Å². The SMILES string of the molecule is O=C(O)c1ccn(C(=O)N2C[C@H]3CC(Oc4cccc(C5CCOCC5)c4)C[C@H]3C2)n1. The van der Waals surface area contributed by atoms with Crippen LogP contribution in [0.1, 0.15) is 47.7 Å². The van der Waals surface area contributed by atoms with Crippen LogP contribution in [0.4, 0.5) is 4.79 Å². The standard InChI is InChI=1S/C23H27N3O5/c27-22(28)21-4-7-26(24-21)23(29)25-13-17-11-20(12-18(17)14-25)31-19-3-1-2-16(10-19)15-5-8-30-9-6-15/h1-4,7,10,15,17-18,20H,5-6,8-9,11-14H2,(H,27,28)/t17-,18+,20?. The maximum absolute atomic E-state index is 12.7. The normalized spacial score (nSPS) is 26.1. The Balaban J connectivity index is 1.17. The topological polar surface area (TPSA) is 93.9 Å². The van der Waals surface area contributed by atoms with E-state index in [2.05, 4.69) is 23.3 Å². The highest BCUT2D eigenvalue weighted by atomic mass is 16.5. The number of carbonyl (C=O) groups is 2. The van der Waals surface area contributed by atoms with Crippen molar-refractivity contribution in [3.63, 3.8) is 0 Å². The van der Waals surface area contributed by atoms with Gasteiger partial charge in [0.25, 0.3) is 0 Å². The summed E-state index contributed by atoms with van der Waals surface area (Å²) in [6.07, 6.45) is 5.55. The Bertz CT molecular complexity index is 954. The van der Waals surface area contributed by atoms with E-state index in [0.717, 1.165) is 49.3 Å². The van der Waals surface area contributed by atoms with Crippen molar-refractivity contribution in [2.45, 2.75) is 37.7 Å². The van der Waals surface area contributed by atoms with Gasteiger partial charge in [-0.05, 0) is 67.2 Å². The lowest BCUT2D eigenvalue weighted by Crippen LogP contribution is -2.34. The summed E-state index contributed by atoms with van der Waals surface area (Å²) in [5.41, 5.74) is 1.21. The van der Waals surface area contributed by atoms with Crippen molar-refractivity contribution in [1.82, 2.24) is 14.7 Å². The number of rotatable bonds is 4. The molecular formula is C23H27N3O5. The van der Waals surface area contributed by atoms with E-state index in [4.69, 9.17) is 14.6 Å². The zero-order valence-electron chi connectivity index (χ0n) is 17.4. The number of nitrogens with zero attached hydrogens (tertiary/aromatic N) is 3. The van der Waals surface area contributed by atoms with Crippen LogP contribution in [-0.2, 0) is 4.74 Å². The Hall–Kier alpha value is -2.87. The molecule has 164 valence electrons. The number of hydrogen-bond donors (Lipinski definition) is 1. The number of benzene rings is 1. The van der Waals surface area contributed by atoms with E-state index in [9.17, 15) is 9.59 Å². The second kappa shape index (κ2) is 8.34. The summed E-state index contributed by atoms with van der Waals surface area (Å²) >= 11 is 0. The molecule has 2 aliphatic heterocycles. The maximum Gasteiger partial charge on any atom is 0.356 e. The molecule has 1 N–H and O–H groups in total. The van der Waals surface area contributed by atoms with E-state index in [1.165, 1.54) is 17.8 Å². The minimum absolute atomic E-state index is 0.121. The number of aromatic carboxylic acids is 1. The smallest absolute Gasteiger partial charge is 0.356 e. The van der Waals surface area contributed by atoms with E-state index in [0.29, 0.717) is 30.8 Å². The Labute approximate surface area is 180 Å². The molecule has 2 saturated heterocycles. The first-order valence-corrected chi connectivity index (χ1v) is 11.0. The van der Waals surface area contributed by atoms with Crippen molar-refractivity contribution in [3.8, 4) is 5.75 Å². The van der Waals surface area contributed by atoms with Gasteiger partial charge in [-0.15, -0.1) is 0 Å². The van der Waals surface area contributed by atoms with Crippen molar-refractivity contribution in [2.24, 2.45) is 11.8 Å². The van der Waals surface area contributed by atoms with Gasteiger partial charge < -0.3 is 19.5 Å². The Kier molecular flexibility index (Phi) is 5.40. The summed E-state index contributed by atoms with van der Waals surface area (Å²) in [4.78, 5) is 25.4. The molecule has 0 bridgehead atoms. The summed E-state index contributed by atoms with van der Waals surface area (Å²) in [7, 11) is 0. The minimum Gasteiger partial charge on any atom is -0.490 e. The third kappa shape index (κ3) is 4.17. The summed E-state index contributed by atoms with van der Waals surface area (Å²) in [5.74, 6) is 1.15. The van der Waals surface area contributed by atoms with Crippen molar-refractivity contribution >= 4 is 12.0 Å². The average Bonchev–Trinajstić information content (AvgIpc) is 3.49. The lowest BCUT2D eigenvalue weighted by molar-refractivity contribution is 0.0690. The Morgan fingerprint density at radius 3 is 2.52 bits per heavy atom. The van der Waals surface area contributed by atoms with Crippen LogP contribution in [-0.4, -0.2) is 64.2 Å². The molecule has 1 aromatic heterocycles. The number of fused-ring (bicyclic) bond motifs is 1. The molecule has 31 heavy (non-hydrogen) atoms. The lowest BCUT2D eigenvalue weighted by atomic mass is 9.92. The molecule has 0 radical (unpaired) electrons. The molecule has 8 nitrogen and oxygen atoms in total. The number of hydrogen-bond acceptors (Lipinski definition) is 5. The number of carbonyl (C=O) groups excluding carboxylic acids is 1. The first kappa shape index (κ1) is 20.1. The van der Waals surface area contributed by atoms with Gasteiger partial charge in [0.05, 0.1) is 6.10 Å². The average molecular weight is 425 g/mol. The fourth-order valence-corrected chi connectivity index (χ4v) is 5.25. The first-order valence-electron chi connectivity index (χ1n) is 11.0. The van der Waals surface area contributed by atoms with Crippen LogP contribution in [0, 0.1) is 11.8 Å². The van der Waals surface area contributed by atoms with E-state index in [-0.39, 0.29) is 17.8 Å². The third-order valence-electron chi connectivity index (χ3n) is 6.84. The molecule has 1 unspecified atom stereocenters. The Morgan fingerprint density at radius 1 is 1.10 bits per heavy atom. The van der Waals surface area contributed by atoms with Crippen molar-refractivity contribution in [3.05, 3.63) is 47.8 Å². The molecule has 5 rings (SSSR count). The molecule has 0 spiro atoms. The third-order valence-corrected chi connectivity index (χ3v) is 6.84. The van der Waals surface area contributed by atoms with Crippen molar-refractivity contribution < 1.29 is 24.2 Å². The highest BCUT2D eigenvalue weighted by Gasteiger charge is 2.43. The molecule has 1 amide bonds. The molecule has 3 aliphatic rings. The molecule has 2 aromatic rings. The summed E-state index contributed by atoms with van der Waals surface area (Å²) < 4.78 is 12.9. The summed E-state index contributed by atoms with van der Waals surface area (Å²) in [6, 6.07) is 9.55. The quantitative estimate of drug-likeness (QED) is 0.808. The number of carboxylic acids is 1. The molecule has 1 saturated carbocycles. The number of ether oxygens (including phenoxy) is 2. The lowest BCUT2D eigenvalue weighted by Gasteiger charge is -2.23.